The molecule has 0 saturated heterocycles. The van der Waals surface area contributed by atoms with Crippen LogP contribution in [0.5, 0.6) is 5.75 Å². The van der Waals surface area contributed by atoms with E-state index in [0.29, 0.717) is 11.8 Å². The van der Waals surface area contributed by atoms with Gasteiger partial charge < -0.3 is 4.74 Å². The number of hydrogen-bond acceptors (Lipinski definition) is 6. The second-order valence-electron chi connectivity index (χ2n) is 4.49. The first-order valence-corrected chi connectivity index (χ1v) is 6.46. The van der Waals surface area contributed by atoms with Crippen molar-refractivity contribution in [1.82, 2.24) is 4.98 Å². The maximum absolute atomic E-state index is 12.4. The van der Waals surface area contributed by atoms with Crippen LogP contribution in [0.15, 0.2) is 41.6 Å². The Morgan fingerprint density at radius 2 is 2.08 bits per heavy atom. The van der Waals surface area contributed by atoms with Gasteiger partial charge in [-0.2, -0.15) is 18.3 Å². The van der Waals surface area contributed by atoms with E-state index >= 15 is 0 Å². The van der Waals surface area contributed by atoms with E-state index in [9.17, 15) is 23.3 Å². The van der Waals surface area contributed by atoms with Gasteiger partial charge in [0.1, 0.15) is 5.82 Å². The van der Waals surface area contributed by atoms with Gasteiger partial charge in [0.25, 0.3) is 0 Å². The second kappa shape index (κ2) is 6.94. The van der Waals surface area contributed by atoms with Gasteiger partial charge >= 0.3 is 11.9 Å². The monoisotopic (exact) mass is 340 g/mol. The highest BCUT2D eigenvalue weighted by Crippen LogP contribution is 2.29. The smallest absolute Gasteiger partial charge is 0.417 e. The van der Waals surface area contributed by atoms with Crippen LogP contribution < -0.4 is 10.2 Å². The largest absolute Gasteiger partial charge is 0.490 e. The lowest BCUT2D eigenvalue weighted by Crippen LogP contribution is -2.05. The number of ether oxygens (including phenoxy) is 1. The summed E-state index contributed by atoms with van der Waals surface area (Å²) in [7, 11) is 1.31. The van der Waals surface area contributed by atoms with Crippen molar-refractivity contribution < 1.29 is 22.8 Å². The molecule has 24 heavy (non-hydrogen) atoms. The first kappa shape index (κ1) is 17.2. The Hall–Kier alpha value is -3.17. The molecule has 0 aliphatic rings. The molecule has 1 aromatic heterocycles. The number of nitro benzene ring substituents is 1. The van der Waals surface area contributed by atoms with Crippen molar-refractivity contribution in [3.63, 3.8) is 0 Å². The summed E-state index contributed by atoms with van der Waals surface area (Å²) in [5, 5.41) is 14.7. The zero-order chi connectivity index (χ0) is 17.7. The highest BCUT2D eigenvalue weighted by molar-refractivity contribution is 5.82. The highest BCUT2D eigenvalue weighted by atomic mass is 19.4. The van der Waals surface area contributed by atoms with E-state index in [4.69, 9.17) is 4.74 Å². The Bertz CT molecular complexity index is 761. The number of nitro groups is 1. The molecule has 126 valence electrons. The fourth-order valence-corrected chi connectivity index (χ4v) is 1.73. The van der Waals surface area contributed by atoms with Gasteiger partial charge in [0.2, 0.25) is 0 Å². The number of hydrazone groups is 1. The predicted octanol–water partition coefficient (Wildman–Crippen LogP) is 3.46. The molecule has 0 saturated carbocycles. The zero-order valence-corrected chi connectivity index (χ0v) is 12.2. The average molecular weight is 340 g/mol. The van der Waals surface area contributed by atoms with Crippen LogP contribution in [0.25, 0.3) is 0 Å². The lowest BCUT2D eigenvalue weighted by Gasteiger charge is -2.06. The van der Waals surface area contributed by atoms with Gasteiger partial charge in [-0.05, 0) is 24.3 Å². The number of rotatable bonds is 5. The highest BCUT2D eigenvalue weighted by Gasteiger charge is 2.30. The molecule has 0 atom stereocenters. The van der Waals surface area contributed by atoms with Crippen molar-refractivity contribution >= 4 is 17.7 Å². The SMILES string of the molecule is COc1ccc(/C=N\Nc2ccc(C(F)(F)F)cn2)cc1[N+](=O)[O-]. The second-order valence-corrected chi connectivity index (χ2v) is 4.49. The van der Waals surface area contributed by atoms with Crippen LogP contribution in [-0.2, 0) is 6.18 Å². The van der Waals surface area contributed by atoms with E-state index in [-0.39, 0.29) is 17.3 Å². The lowest BCUT2D eigenvalue weighted by atomic mass is 10.2. The molecule has 2 aromatic rings. The molecule has 10 heteroatoms. The Kier molecular flexibility index (Phi) is 4.97. The summed E-state index contributed by atoms with van der Waals surface area (Å²) < 4.78 is 42.1. The number of anilines is 1. The maximum atomic E-state index is 12.4. The van der Waals surface area contributed by atoms with E-state index < -0.39 is 16.7 Å². The first-order valence-electron chi connectivity index (χ1n) is 6.46. The third kappa shape index (κ3) is 4.18. The number of nitrogens with zero attached hydrogens (tertiary/aromatic N) is 3. The zero-order valence-electron chi connectivity index (χ0n) is 12.2. The van der Waals surface area contributed by atoms with Gasteiger partial charge in [0.05, 0.1) is 23.8 Å². The van der Waals surface area contributed by atoms with Crippen molar-refractivity contribution in [2.24, 2.45) is 5.10 Å². The van der Waals surface area contributed by atoms with Crippen LogP contribution in [-0.4, -0.2) is 23.2 Å². The number of hydrogen-bond donors (Lipinski definition) is 1. The van der Waals surface area contributed by atoms with Crippen molar-refractivity contribution in [1.29, 1.82) is 0 Å². The van der Waals surface area contributed by atoms with Crippen LogP contribution in [0.1, 0.15) is 11.1 Å². The summed E-state index contributed by atoms with van der Waals surface area (Å²) in [6.45, 7) is 0. The van der Waals surface area contributed by atoms with E-state index in [1.165, 1.54) is 31.5 Å². The number of aromatic nitrogens is 1. The van der Waals surface area contributed by atoms with Crippen molar-refractivity contribution in [2.75, 3.05) is 12.5 Å². The predicted molar refractivity (Wildman–Crippen MR) is 80.1 cm³/mol. The van der Waals surface area contributed by atoms with Crippen molar-refractivity contribution in [3.8, 4) is 5.75 Å². The molecule has 1 N–H and O–H groups in total. The molecule has 0 unspecified atom stereocenters. The molecule has 1 aromatic carbocycles. The van der Waals surface area contributed by atoms with E-state index in [1.807, 2.05) is 0 Å². The molecule has 7 nitrogen and oxygen atoms in total. The molecular weight excluding hydrogens is 329 g/mol. The minimum absolute atomic E-state index is 0.0993. The number of alkyl halides is 3. The third-order valence-electron chi connectivity index (χ3n) is 2.88. The standard InChI is InChI=1S/C14H11F3N4O3/c1-24-12-4-2-9(6-11(12)21(22)23)7-19-20-13-5-3-10(8-18-13)14(15,16)17/h2-8H,1H3,(H,18,20)/b19-7-. The lowest BCUT2D eigenvalue weighted by molar-refractivity contribution is -0.385. The summed E-state index contributed by atoms with van der Waals surface area (Å²) in [5.41, 5.74) is 1.74. The van der Waals surface area contributed by atoms with Crippen LogP contribution in [0.4, 0.5) is 24.7 Å². The molecule has 1 heterocycles. The number of pyridine rings is 1. The van der Waals surface area contributed by atoms with E-state index in [1.54, 1.807) is 0 Å². The van der Waals surface area contributed by atoms with E-state index in [0.717, 1.165) is 12.1 Å². The van der Waals surface area contributed by atoms with Crippen molar-refractivity contribution in [3.05, 3.63) is 57.8 Å². The summed E-state index contributed by atoms with van der Waals surface area (Å²) >= 11 is 0. The molecule has 0 amide bonds. The molecule has 2 rings (SSSR count). The number of methoxy groups -OCH3 is 1. The molecule has 0 bridgehead atoms. The van der Waals surface area contributed by atoms with Crippen LogP contribution in [0.3, 0.4) is 0 Å². The molecule has 0 radical (unpaired) electrons. The minimum Gasteiger partial charge on any atom is -0.490 e. The van der Waals surface area contributed by atoms with Crippen LogP contribution in [0, 0.1) is 10.1 Å². The Morgan fingerprint density at radius 3 is 2.62 bits per heavy atom. The summed E-state index contributed by atoms with van der Waals surface area (Å²) in [6.07, 6.45) is -2.52. The molecule has 0 aliphatic carbocycles. The van der Waals surface area contributed by atoms with Crippen molar-refractivity contribution in [2.45, 2.75) is 6.18 Å². The van der Waals surface area contributed by atoms with Gasteiger partial charge in [-0.1, -0.05) is 0 Å². The van der Waals surface area contributed by atoms with Crippen LogP contribution >= 0.6 is 0 Å². The van der Waals surface area contributed by atoms with Crippen LogP contribution in [0.2, 0.25) is 0 Å². The van der Waals surface area contributed by atoms with Gasteiger partial charge in [0.15, 0.2) is 5.75 Å². The quantitative estimate of drug-likeness (QED) is 0.511. The number of nitrogens with one attached hydrogen (secondary N) is 1. The summed E-state index contributed by atoms with van der Waals surface area (Å²) in [4.78, 5) is 13.9. The maximum Gasteiger partial charge on any atom is 0.417 e. The molecule has 0 spiro atoms. The average Bonchev–Trinajstić information content (AvgIpc) is 2.54. The third-order valence-corrected chi connectivity index (χ3v) is 2.88. The summed E-state index contributed by atoms with van der Waals surface area (Å²) in [5.74, 6) is 0.205. The van der Waals surface area contributed by atoms with E-state index in [2.05, 4.69) is 15.5 Å². The normalized spacial score (nSPS) is 11.5. The first-order chi connectivity index (χ1) is 11.3. The minimum atomic E-state index is -4.46. The molecule has 0 aliphatic heterocycles. The number of halogens is 3. The Labute approximate surface area is 133 Å². The fraction of sp³-hybridized carbons (Fsp3) is 0.143. The van der Waals surface area contributed by atoms with Gasteiger partial charge in [0, 0.05) is 17.8 Å². The van der Waals surface area contributed by atoms with Gasteiger partial charge in [-0.15, -0.1) is 0 Å². The molecule has 0 fully saturated rings. The Morgan fingerprint density at radius 1 is 1.33 bits per heavy atom. The summed E-state index contributed by atoms with van der Waals surface area (Å²) in [6, 6.07) is 6.19. The molecular formula is C14H11F3N4O3. The van der Waals surface area contributed by atoms with Gasteiger partial charge in [-0.3, -0.25) is 15.5 Å². The Balaban J connectivity index is 2.09. The number of benzene rings is 1. The fourth-order valence-electron chi connectivity index (χ4n) is 1.73. The topological polar surface area (TPSA) is 89.7 Å². The van der Waals surface area contributed by atoms with Gasteiger partial charge in [-0.25, -0.2) is 4.98 Å².